The maximum Gasteiger partial charge on any atom is 0.277 e. The Labute approximate surface area is 47.9 Å². The van der Waals surface area contributed by atoms with Gasteiger partial charge in [0, 0.05) is 0 Å². The van der Waals surface area contributed by atoms with Gasteiger partial charge in [-0.3, -0.25) is 4.55 Å². The predicted molar refractivity (Wildman–Crippen MR) is 28.6 cm³/mol. The smallest absolute Gasteiger partial charge is 0.277 e. The Hall–Kier alpha value is 0.260. The Balaban J connectivity index is 4.10. The summed E-state index contributed by atoms with van der Waals surface area (Å²) < 4.78 is 26.4. The fourth-order valence-corrected chi connectivity index (χ4v) is 0. The fraction of sp³-hybridized carbons (Fsp3) is 1.00. The largest absolute Gasteiger partial charge is 0.285 e. The van der Waals surface area contributed by atoms with Gasteiger partial charge in [0.25, 0.3) is 10.1 Å². The van der Waals surface area contributed by atoms with Crippen molar-refractivity contribution in [3.63, 3.8) is 0 Å². The molecule has 0 spiro atoms. The van der Waals surface area contributed by atoms with Gasteiger partial charge < -0.3 is 0 Å². The van der Waals surface area contributed by atoms with Crippen LogP contribution in [0.5, 0.6) is 0 Å². The Kier molecular flexibility index (Phi) is 2.09. The van der Waals surface area contributed by atoms with Gasteiger partial charge in [-0.2, -0.15) is 8.42 Å². The molecule has 0 aliphatic rings. The average Bonchev–Trinajstić information content (AvgIpc) is 1.31. The summed E-state index contributed by atoms with van der Waals surface area (Å²) in [6.07, 6.45) is 0. The van der Waals surface area contributed by atoms with Crippen LogP contribution in [0.4, 0.5) is 0 Å². The van der Waals surface area contributed by atoms with Gasteiger partial charge in [0.05, 0.1) is 0 Å². The van der Waals surface area contributed by atoms with Crippen LogP contribution in [0.2, 0.25) is 0 Å². The lowest BCUT2D eigenvalue weighted by molar-refractivity contribution is 0.482. The molecule has 1 N–H and O–H groups in total. The quantitative estimate of drug-likeness (QED) is 0.538. The second-order valence-corrected chi connectivity index (χ2v) is 3.83. The molecule has 7 heavy (non-hydrogen) atoms. The van der Waals surface area contributed by atoms with Crippen molar-refractivity contribution in [1.82, 2.24) is 0 Å². The van der Waals surface area contributed by atoms with Gasteiger partial charge in [-0.25, -0.2) is 0 Å². The van der Waals surface area contributed by atoms with Crippen molar-refractivity contribution in [3.8, 4) is 0 Å². The highest BCUT2D eigenvalue weighted by Gasteiger charge is 2.10. The minimum Gasteiger partial charge on any atom is -0.285 e. The summed E-state index contributed by atoms with van der Waals surface area (Å²) in [5.41, 5.74) is 0. The van der Waals surface area contributed by atoms with E-state index < -0.39 is 14.7 Å². The van der Waals surface area contributed by atoms with E-state index in [2.05, 4.69) is 12.6 Å². The Morgan fingerprint density at radius 2 is 1.86 bits per heavy atom. The van der Waals surface area contributed by atoms with E-state index in [-0.39, 0.29) is 0 Å². The Morgan fingerprint density at radius 3 is 1.86 bits per heavy atom. The van der Waals surface area contributed by atoms with Crippen molar-refractivity contribution in [2.45, 2.75) is 11.5 Å². The first kappa shape index (κ1) is 7.26. The van der Waals surface area contributed by atoms with Crippen LogP contribution in [-0.2, 0) is 10.1 Å². The molecule has 0 aromatic rings. The monoisotopic (exact) mass is 141 g/mol. The molecular weight excluding hydrogens is 136 g/mol. The van der Waals surface area contributed by atoms with E-state index in [0.717, 1.165) is 0 Å². The van der Waals surface area contributed by atoms with E-state index in [1.807, 2.05) is 0 Å². The van der Waals surface area contributed by atoms with E-state index >= 15 is 0 Å². The number of rotatable bonds is 1. The number of hydrogen-bond acceptors (Lipinski definition) is 2. The van der Waals surface area contributed by atoms with Gasteiger partial charge in [-0.15, -0.1) is 0 Å². The first-order valence-corrected chi connectivity index (χ1v) is 3.54. The summed E-state index contributed by atoms with van der Waals surface area (Å²) in [6.45, 7) is 1.23. The van der Waals surface area contributed by atoms with Crippen molar-refractivity contribution in [3.05, 3.63) is 0 Å². The van der Waals surface area contributed by atoms with Gasteiger partial charge in [0.2, 0.25) is 0 Å². The molecule has 0 rings (SSSR count). The van der Waals surface area contributed by atoms with E-state index in [9.17, 15) is 8.42 Å². The molecule has 0 saturated heterocycles. The zero-order chi connectivity index (χ0) is 6.08. The highest BCUT2D eigenvalue weighted by molar-refractivity contribution is 8.01. The first-order valence-electron chi connectivity index (χ1n) is 1.56. The maximum absolute atomic E-state index is 9.78. The molecule has 0 amide bonds. The summed E-state index contributed by atoms with van der Waals surface area (Å²) >= 11 is 4.18. The molecule has 0 aromatic heterocycles. The Morgan fingerprint density at radius 1 is 1.71 bits per heavy atom. The van der Waals surface area contributed by atoms with Crippen LogP contribution in [0, 0.1) is 0 Å². The highest BCUT2D eigenvalue weighted by atomic mass is 32.3. The maximum atomic E-state index is 9.78. The minimum atomic E-state index is -3.93. The third-order valence-corrected chi connectivity index (χ3v) is 1.99. The molecule has 0 saturated carbocycles. The van der Waals surface area contributed by atoms with E-state index in [1.54, 1.807) is 0 Å². The molecule has 1 radical (unpaired) electrons. The lowest BCUT2D eigenvalue weighted by atomic mass is 11.0. The van der Waals surface area contributed by atoms with E-state index in [0.29, 0.717) is 0 Å². The summed E-state index contributed by atoms with van der Waals surface area (Å²) in [5.74, 6) is 0. The Bertz CT molecular complexity index is 133. The van der Waals surface area contributed by atoms with Crippen LogP contribution < -0.4 is 0 Å². The van der Waals surface area contributed by atoms with Crippen LogP contribution in [-0.4, -0.2) is 17.6 Å². The lowest BCUT2D eigenvalue weighted by Crippen LogP contribution is -2.08. The molecule has 0 aliphatic carbocycles. The third-order valence-electron chi connectivity index (χ3n) is 0.419. The van der Waals surface area contributed by atoms with E-state index in [4.69, 9.17) is 4.55 Å². The summed E-state index contributed by atoms with van der Waals surface area (Å²) in [7, 11) is -3.93. The molecule has 1 unspecified atom stereocenters. The van der Waals surface area contributed by atoms with Gasteiger partial charge in [0.15, 0.2) is 0 Å². The second-order valence-electron chi connectivity index (χ2n) is 1.08. The fourth-order valence-electron chi connectivity index (χ4n) is 0. The molecule has 0 fully saturated rings. The SMILES string of the molecule is CC([S])S(=O)(=O)O. The lowest BCUT2D eigenvalue weighted by Gasteiger charge is -1.92. The van der Waals surface area contributed by atoms with Crippen LogP contribution in [0.3, 0.4) is 0 Å². The first-order chi connectivity index (χ1) is 2.94. The predicted octanol–water partition coefficient (Wildman–Crippen LogP) is 0.418. The average molecular weight is 141 g/mol. The molecule has 0 aliphatic heterocycles. The van der Waals surface area contributed by atoms with Gasteiger partial charge in [-0.1, -0.05) is 12.6 Å². The number of hydrogen-bond donors (Lipinski definition) is 1. The van der Waals surface area contributed by atoms with Crippen molar-refractivity contribution in [2.75, 3.05) is 0 Å². The van der Waals surface area contributed by atoms with Crippen LogP contribution in [0.25, 0.3) is 0 Å². The van der Waals surface area contributed by atoms with Gasteiger partial charge in [0.1, 0.15) is 4.58 Å². The minimum absolute atomic E-state index is 1.09. The van der Waals surface area contributed by atoms with Crippen LogP contribution in [0.15, 0.2) is 0 Å². The van der Waals surface area contributed by atoms with Gasteiger partial charge >= 0.3 is 0 Å². The second kappa shape index (κ2) is 2.02. The topological polar surface area (TPSA) is 54.4 Å². The molecule has 0 aromatic carbocycles. The molecule has 43 valence electrons. The van der Waals surface area contributed by atoms with Crippen LogP contribution >= 0.6 is 12.6 Å². The summed E-state index contributed by atoms with van der Waals surface area (Å²) in [6, 6.07) is 0. The summed E-state index contributed by atoms with van der Waals surface area (Å²) in [5, 5.41) is 0. The molecule has 1 atom stereocenters. The standard InChI is InChI=1S/C2H5O3S2/c1-2(6)7(3,4)5/h2H,1H3,(H,3,4,5). The highest BCUT2D eigenvalue weighted by Crippen LogP contribution is 1.99. The third kappa shape index (κ3) is 2.90. The van der Waals surface area contributed by atoms with Gasteiger partial charge in [-0.05, 0) is 6.92 Å². The van der Waals surface area contributed by atoms with Crippen molar-refractivity contribution >= 4 is 22.7 Å². The van der Waals surface area contributed by atoms with Crippen molar-refractivity contribution < 1.29 is 13.0 Å². The molecular formula is C2H5O3S2. The molecule has 0 bridgehead atoms. The molecule has 5 heteroatoms. The van der Waals surface area contributed by atoms with E-state index in [1.165, 1.54) is 6.92 Å². The summed E-state index contributed by atoms with van der Waals surface area (Å²) in [4.78, 5) is 0. The van der Waals surface area contributed by atoms with Crippen LogP contribution in [0.1, 0.15) is 6.92 Å². The van der Waals surface area contributed by atoms with Crippen molar-refractivity contribution in [1.29, 1.82) is 0 Å². The molecule has 0 heterocycles. The molecule has 3 nitrogen and oxygen atoms in total. The zero-order valence-corrected chi connectivity index (χ0v) is 5.29. The zero-order valence-electron chi connectivity index (χ0n) is 3.66. The normalized spacial score (nSPS) is 16.4. The van der Waals surface area contributed by atoms with Crippen molar-refractivity contribution in [2.24, 2.45) is 0 Å².